The minimum Gasteiger partial charge on any atom is -0.326 e. The van der Waals surface area contributed by atoms with Gasteiger partial charge in [0.1, 0.15) is 0 Å². The van der Waals surface area contributed by atoms with Crippen LogP contribution in [-0.2, 0) is 11.2 Å². The molecule has 0 saturated heterocycles. The first kappa shape index (κ1) is 20.4. The summed E-state index contributed by atoms with van der Waals surface area (Å²) in [4.78, 5) is 21.6. The molecule has 0 bridgehead atoms. The van der Waals surface area contributed by atoms with Crippen molar-refractivity contribution in [2.75, 3.05) is 5.32 Å². The number of hydrogen-bond donors (Lipinski definition) is 1. The van der Waals surface area contributed by atoms with Crippen molar-refractivity contribution < 1.29 is 4.79 Å². The minimum absolute atomic E-state index is 0.136. The molecule has 32 heavy (non-hydrogen) atoms. The van der Waals surface area contributed by atoms with Crippen molar-refractivity contribution in [1.82, 2.24) is 19.7 Å². The van der Waals surface area contributed by atoms with E-state index < -0.39 is 0 Å². The number of halogens is 1. The first-order chi connectivity index (χ1) is 15.5. The fraction of sp³-hybridized carbons (Fsp3) is 0.0833. The molecule has 0 fully saturated rings. The van der Waals surface area contributed by atoms with Crippen LogP contribution >= 0.6 is 22.9 Å². The third-order valence-electron chi connectivity index (χ3n) is 4.95. The summed E-state index contributed by atoms with van der Waals surface area (Å²) in [5.41, 5.74) is 6.88. The molecule has 6 nitrogen and oxygen atoms in total. The summed E-state index contributed by atoms with van der Waals surface area (Å²) < 4.78 is 2.88. The molecule has 8 heteroatoms. The van der Waals surface area contributed by atoms with Gasteiger partial charge >= 0.3 is 0 Å². The Bertz CT molecular complexity index is 1420. The smallest absolute Gasteiger partial charge is 0.230 e. The van der Waals surface area contributed by atoms with Gasteiger partial charge in [0.25, 0.3) is 0 Å². The maximum Gasteiger partial charge on any atom is 0.230 e. The van der Waals surface area contributed by atoms with Gasteiger partial charge in [-0.15, -0.1) is 11.3 Å². The van der Waals surface area contributed by atoms with Crippen LogP contribution in [0.2, 0.25) is 5.02 Å². The predicted octanol–water partition coefficient (Wildman–Crippen LogP) is 5.69. The molecule has 0 unspecified atom stereocenters. The quantitative estimate of drug-likeness (QED) is 0.366. The standard InChI is InChI=1S/C24H18ClN5OS/c1-15-3-2-4-23(27-15)30-21(16-5-10-20-22(11-16)32-14-26-20)12-19(29-30)13-24(31)28-18-8-6-17(25)7-9-18/h2-12,14H,13H2,1H3,(H,28,31). The molecule has 3 aromatic heterocycles. The number of amides is 1. The van der Waals surface area contributed by atoms with Crippen LogP contribution in [0.25, 0.3) is 27.3 Å². The fourth-order valence-corrected chi connectivity index (χ4v) is 4.30. The molecule has 5 rings (SSSR count). The van der Waals surface area contributed by atoms with Gasteiger partial charge in [-0.1, -0.05) is 23.7 Å². The molecule has 1 N–H and O–H groups in total. The second-order valence-electron chi connectivity index (χ2n) is 7.34. The summed E-state index contributed by atoms with van der Waals surface area (Å²) in [6.45, 7) is 1.94. The van der Waals surface area contributed by atoms with Gasteiger partial charge in [-0.3, -0.25) is 4.79 Å². The molecule has 0 aliphatic carbocycles. The first-order valence-electron chi connectivity index (χ1n) is 9.97. The summed E-state index contributed by atoms with van der Waals surface area (Å²) >= 11 is 7.51. The Morgan fingerprint density at radius 1 is 1.09 bits per heavy atom. The summed E-state index contributed by atoms with van der Waals surface area (Å²) in [7, 11) is 0. The maximum absolute atomic E-state index is 12.6. The van der Waals surface area contributed by atoms with E-state index in [1.54, 1.807) is 40.3 Å². The highest BCUT2D eigenvalue weighted by molar-refractivity contribution is 7.16. The Labute approximate surface area is 193 Å². The Hall–Kier alpha value is -3.55. The zero-order chi connectivity index (χ0) is 22.1. The van der Waals surface area contributed by atoms with Gasteiger partial charge in [0.2, 0.25) is 5.91 Å². The number of carbonyl (C=O) groups excluding carboxylic acids is 1. The summed E-state index contributed by atoms with van der Waals surface area (Å²) in [6, 6.07) is 20.9. The number of carbonyl (C=O) groups is 1. The molecule has 158 valence electrons. The average Bonchev–Trinajstić information content (AvgIpc) is 3.41. The van der Waals surface area contributed by atoms with Crippen LogP contribution in [0.5, 0.6) is 0 Å². The van der Waals surface area contributed by atoms with Crippen molar-refractivity contribution in [2.24, 2.45) is 0 Å². The second-order valence-corrected chi connectivity index (χ2v) is 8.66. The van der Waals surface area contributed by atoms with E-state index in [1.165, 1.54) is 0 Å². The number of aromatic nitrogens is 4. The van der Waals surface area contributed by atoms with Crippen molar-refractivity contribution in [3.8, 4) is 17.1 Å². The molecular formula is C24H18ClN5OS. The van der Waals surface area contributed by atoms with Crippen molar-refractivity contribution >= 4 is 44.7 Å². The molecule has 0 aliphatic heterocycles. The lowest BCUT2D eigenvalue weighted by atomic mass is 10.1. The SMILES string of the molecule is Cc1cccc(-n2nc(CC(=O)Nc3ccc(Cl)cc3)cc2-c2ccc3ncsc3c2)n1. The van der Waals surface area contributed by atoms with Gasteiger partial charge in [-0.25, -0.2) is 14.6 Å². The summed E-state index contributed by atoms with van der Waals surface area (Å²) in [6.07, 6.45) is 0.136. The second kappa shape index (κ2) is 8.53. The number of aryl methyl sites for hydroxylation is 1. The van der Waals surface area contributed by atoms with Gasteiger partial charge in [-0.2, -0.15) is 5.10 Å². The van der Waals surface area contributed by atoms with E-state index in [9.17, 15) is 4.79 Å². The van der Waals surface area contributed by atoms with Crippen LogP contribution < -0.4 is 5.32 Å². The highest BCUT2D eigenvalue weighted by atomic mass is 35.5. The zero-order valence-corrected chi connectivity index (χ0v) is 18.7. The number of nitrogens with zero attached hydrogens (tertiary/aromatic N) is 4. The van der Waals surface area contributed by atoms with Gasteiger partial charge in [0.15, 0.2) is 5.82 Å². The van der Waals surface area contributed by atoms with Crippen LogP contribution in [0.15, 0.2) is 72.2 Å². The number of thiazole rings is 1. The van der Waals surface area contributed by atoms with Gasteiger partial charge in [0, 0.05) is 22.0 Å². The number of anilines is 1. The highest BCUT2D eigenvalue weighted by Gasteiger charge is 2.16. The van der Waals surface area contributed by atoms with Gasteiger partial charge in [-0.05, 0) is 61.5 Å². The van der Waals surface area contributed by atoms with Crippen LogP contribution in [0, 0.1) is 6.92 Å². The first-order valence-corrected chi connectivity index (χ1v) is 11.2. The molecule has 0 radical (unpaired) electrons. The molecule has 0 spiro atoms. The number of benzene rings is 2. The Morgan fingerprint density at radius 3 is 2.75 bits per heavy atom. The Balaban J connectivity index is 1.50. The molecule has 0 atom stereocenters. The molecule has 3 heterocycles. The Morgan fingerprint density at radius 2 is 1.94 bits per heavy atom. The average molecular weight is 460 g/mol. The monoisotopic (exact) mass is 459 g/mol. The van der Waals surface area contributed by atoms with Crippen molar-refractivity contribution in [2.45, 2.75) is 13.3 Å². The number of fused-ring (bicyclic) bond motifs is 1. The molecular weight excluding hydrogens is 442 g/mol. The number of nitrogens with one attached hydrogen (secondary N) is 1. The van der Waals surface area contributed by atoms with E-state index in [0.717, 1.165) is 27.2 Å². The van der Waals surface area contributed by atoms with Crippen LogP contribution in [0.4, 0.5) is 5.69 Å². The van der Waals surface area contributed by atoms with Gasteiger partial charge in [0.05, 0.1) is 33.5 Å². The van der Waals surface area contributed by atoms with Crippen LogP contribution in [0.3, 0.4) is 0 Å². The Kier molecular flexibility index (Phi) is 5.43. The van der Waals surface area contributed by atoms with Crippen molar-refractivity contribution in [1.29, 1.82) is 0 Å². The maximum atomic E-state index is 12.6. The van der Waals surface area contributed by atoms with E-state index in [2.05, 4.69) is 21.4 Å². The van der Waals surface area contributed by atoms with E-state index >= 15 is 0 Å². The molecule has 2 aromatic carbocycles. The fourth-order valence-electron chi connectivity index (χ4n) is 3.46. The van der Waals surface area contributed by atoms with Crippen LogP contribution in [-0.4, -0.2) is 25.7 Å². The lowest BCUT2D eigenvalue weighted by molar-refractivity contribution is -0.115. The zero-order valence-electron chi connectivity index (χ0n) is 17.1. The third kappa shape index (κ3) is 4.26. The third-order valence-corrected chi connectivity index (χ3v) is 5.99. The van der Waals surface area contributed by atoms with E-state index in [4.69, 9.17) is 16.7 Å². The number of hydrogen-bond acceptors (Lipinski definition) is 5. The van der Waals surface area contributed by atoms with Crippen molar-refractivity contribution in [3.63, 3.8) is 0 Å². The predicted molar refractivity (Wildman–Crippen MR) is 128 cm³/mol. The van der Waals surface area contributed by atoms with E-state index in [-0.39, 0.29) is 12.3 Å². The van der Waals surface area contributed by atoms with Crippen LogP contribution in [0.1, 0.15) is 11.4 Å². The van der Waals surface area contributed by atoms with E-state index in [0.29, 0.717) is 22.2 Å². The topological polar surface area (TPSA) is 72.7 Å². The number of rotatable bonds is 5. The van der Waals surface area contributed by atoms with Crippen molar-refractivity contribution in [3.05, 3.63) is 88.7 Å². The van der Waals surface area contributed by atoms with E-state index in [1.807, 2.05) is 48.8 Å². The molecule has 1 amide bonds. The highest BCUT2D eigenvalue weighted by Crippen LogP contribution is 2.28. The lowest BCUT2D eigenvalue weighted by Crippen LogP contribution is -2.15. The molecule has 0 saturated carbocycles. The molecule has 0 aliphatic rings. The molecule has 5 aromatic rings. The lowest BCUT2D eigenvalue weighted by Gasteiger charge is -2.07. The normalized spacial score (nSPS) is 11.1. The minimum atomic E-state index is -0.154. The van der Waals surface area contributed by atoms with Gasteiger partial charge < -0.3 is 5.32 Å². The summed E-state index contributed by atoms with van der Waals surface area (Å²) in [5.74, 6) is 0.549. The largest absolute Gasteiger partial charge is 0.326 e. The summed E-state index contributed by atoms with van der Waals surface area (Å²) in [5, 5.41) is 8.23. The number of pyridine rings is 1.